The predicted molar refractivity (Wildman–Crippen MR) is 120 cm³/mol. The number of likely N-dealkylation sites (tertiary alicyclic amines) is 1. The Morgan fingerprint density at radius 3 is 2.69 bits per heavy atom. The van der Waals surface area contributed by atoms with Gasteiger partial charge in [0.15, 0.2) is 0 Å². The summed E-state index contributed by atoms with van der Waals surface area (Å²) in [6, 6.07) is 8.49. The van der Waals surface area contributed by atoms with E-state index in [1.54, 1.807) is 5.48 Å². The van der Waals surface area contributed by atoms with Gasteiger partial charge in [-0.1, -0.05) is 55.5 Å². The molecule has 1 saturated heterocycles. The van der Waals surface area contributed by atoms with Gasteiger partial charge in [0.1, 0.15) is 17.6 Å². The third kappa shape index (κ3) is 6.01. The van der Waals surface area contributed by atoms with Crippen molar-refractivity contribution in [1.82, 2.24) is 25.5 Å². The van der Waals surface area contributed by atoms with E-state index in [4.69, 9.17) is 5.21 Å². The molecule has 4 amide bonds. The molecule has 0 radical (unpaired) electrons. The van der Waals surface area contributed by atoms with E-state index in [0.717, 1.165) is 5.56 Å². The van der Waals surface area contributed by atoms with Crippen molar-refractivity contribution in [3.63, 3.8) is 0 Å². The second-order valence-corrected chi connectivity index (χ2v) is 9.02. The highest BCUT2D eigenvalue weighted by atomic mass is 32.1. The number of amides is 4. The van der Waals surface area contributed by atoms with E-state index in [1.165, 1.54) is 21.1 Å². The monoisotopic (exact) mass is 460 g/mol. The third-order valence-electron chi connectivity index (χ3n) is 5.18. The number of nitrogens with one attached hydrogen (secondary N) is 2. The lowest BCUT2D eigenvalue weighted by Gasteiger charge is -2.31. The average Bonchev–Trinajstić information content (AvgIpc) is 3.46. The maximum absolute atomic E-state index is 13.2. The Morgan fingerprint density at radius 1 is 1.25 bits per heavy atom. The van der Waals surface area contributed by atoms with E-state index in [2.05, 4.69) is 15.5 Å². The van der Waals surface area contributed by atoms with Crippen LogP contribution in [0, 0.1) is 5.92 Å². The van der Waals surface area contributed by atoms with Gasteiger partial charge < -0.3 is 9.80 Å². The number of hydrogen-bond acceptors (Lipinski definition) is 7. The molecule has 1 aliphatic rings. The molecule has 2 aromatic rings. The molecular formula is C21H28N6O4S. The van der Waals surface area contributed by atoms with Gasteiger partial charge >= 0.3 is 6.03 Å². The fraction of sp³-hybridized carbons (Fsp3) is 0.476. The van der Waals surface area contributed by atoms with Crippen LogP contribution in [0.5, 0.6) is 0 Å². The maximum Gasteiger partial charge on any atom is 0.321 e. The van der Waals surface area contributed by atoms with Crippen LogP contribution in [-0.2, 0) is 9.59 Å². The molecule has 1 aromatic heterocycles. The standard InChI is InChI=1S/C21H28N6O4S/c1-14(2)10-12-26(13-17(28)25-31)21(30)27-11-6-9-16(27)18(29)22-20-24-23-19(32-20)15-7-4-3-5-8-15/h3-5,7-8,14,16,31H,6,9-13H2,1-2H3,(H,25,28)(H,22,24,29)/t16-/m0/s1. The molecule has 0 bridgehead atoms. The summed E-state index contributed by atoms with van der Waals surface area (Å²) in [5, 5.41) is 20.9. The number of nitrogens with zero attached hydrogens (tertiary/aromatic N) is 4. The number of carbonyl (C=O) groups is 3. The summed E-state index contributed by atoms with van der Waals surface area (Å²) in [5.41, 5.74) is 2.47. The van der Waals surface area contributed by atoms with Crippen LogP contribution in [-0.4, -0.2) is 68.7 Å². The molecule has 172 valence electrons. The van der Waals surface area contributed by atoms with E-state index < -0.39 is 18.0 Å². The number of hydroxylamine groups is 1. The summed E-state index contributed by atoms with van der Waals surface area (Å²) in [6.07, 6.45) is 1.90. The summed E-state index contributed by atoms with van der Waals surface area (Å²) in [7, 11) is 0. The first-order valence-electron chi connectivity index (χ1n) is 10.6. The van der Waals surface area contributed by atoms with Crippen molar-refractivity contribution in [3.05, 3.63) is 30.3 Å². The van der Waals surface area contributed by atoms with Gasteiger partial charge in [0.2, 0.25) is 11.0 Å². The summed E-state index contributed by atoms with van der Waals surface area (Å²) in [5.74, 6) is -0.678. The Morgan fingerprint density at radius 2 is 2.00 bits per heavy atom. The summed E-state index contributed by atoms with van der Waals surface area (Å²) in [6.45, 7) is 4.54. The number of hydrogen-bond donors (Lipinski definition) is 3. The Hall–Kier alpha value is -3.05. The van der Waals surface area contributed by atoms with Crippen molar-refractivity contribution in [2.24, 2.45) is 5.92 Å². The van der Waals surface area contributed by atoms with Crippen molar-refractivity contribution in [3.8, 4) is 10.6 Å². The molecule has 0 spiro atoms. The van der Waals surface area contributed by atoms with Crippen LogP contribution >= 0.6 is 11.3 Å². The number of urea groups is 1. The summed E-state index contributed by atoms with van der Waals surface area (Å²) >= 11 is 1.26. The molecule has 32 heavy (non-hydrogen) atoms. The fourth-order valence-corrected chi connectivity index (χ4v) is 4.23. The van der Waals surface area contributed by atoms with Gasteiger partial charge in [0, 0.05) is 18.7 Å². The van der Waals surface area contributed by atoms with Gasteiger partial charge in [0.25, 0.3) is 5.91 Å². The van der Waals surface area contributed by atoms with Crippen LogP contribution in [0.3, 0.4) is 0 Å². The number of carbonyl (C=O) groups excluding carboxylic acids is 3. The van der Waals surface area contributed by atoms with Crippen molar-refractivity contribution in [2.45, 2.75) is 39.2 Å². The quantitative estimate of drug-likeness (QED) is 0.410. The summed E-state index contributed by atoms with van der Waals surface area (Å²) in [4.78, 5) is 40.6. The Kier molecular flexibility index (Phi) is 8.12. The van der Waals surface area contributed by atoms with Gasteiger partial charge in [-0.25, -0.2) is 10.3 Å². The molecular weight excluding hydrogens is 432 g/mol. The van der Waals surface area contributed by atoms with Crippen molar-refractivity contribution in [2.75, 3.05) is 25.0 Å². The number of rotatable bonds is 8. The molecule has 0 aliphatic carbocycles. The molecule has 11 heteroatoms. The van der Waals surface area contributed by atoms with E-state index >= 15 is 0 Å². The smallest absolute Gasteiger partial charge is 0.315 e. The fourth-order valence-electron chi connectivity index (χ4n) is 3.47. The lowest BCUT2D eigenvalue weighted by molar-refractivity contribution is -0.129. The maximum atomic E-state index is 13.2. The van der Waals surface area contributed by atoms with E-state index in [0.29, 0.717) is 48.4 Å². The first-order chi connectivity index (χ1) is 15.4. The molecule has 1 fully saturated rings. The van der Waals surface area contributed by atoms with E-state index in [9.17, 15) is 14.4 Å². The molecule has 1 atom stereocenters. The van der Waals surface area contributed by atoms with Gasteiger partial charge in [-0.3, -0.25) is 20.1 Å². The largest absolute Gasteiger partial charge is 0.321 e. The molecule has 1 aliphatic heterocycles. The summed E-state index contributed by atoms with van der Waals surface area (Å²) < 4.78 is 0. The van der Waals surface area contributed by atoms with Crippen molar-refractivity contribution >= 4 is 34.3 Å². The van der Waals surface area contributed by atoms with Crippen molar-refractivity contribution < 1.29 is 19.6 Å². The van der Waals surface area contributed by atoms with Crippen LogP contribution in [0.25, 0.3) is 10.6 Å². The number of aromatic nitrogens is 2. The lowest BCUT2D eigenvalue weighted by Crippen LogP contribution is -2.51. The SMILES string of the molecule is CC(C)CCN(CC(=O)NO)C(=O)N1CCC[C@H]1C(=O)Nc1nnc(-c2ccccc2)s1. The molecule has 10 nitrogen and oxygen atoms in total. The van der Waals surface area contributed by atoms with E-state index in [1.807, 2.05) is 44.2 Å². The molecule has 3 rings (SSSR count). The molecule has 0 unspecified atom stereocenters. The molecule has 3 N–H and O–H groups in total. The normalized spacial score (nSPS) is 15.6. The molecule has 0 saturated carbocycles. The molecule has 1 aromatic carbocycles. The van der Waals surface area contributed by atoms with Crippen LogP contribution < -0.4 is 10.8 Å². The van der Waals surface area contributed by atoms with E-state index in [-0.39, 0.29) is 12.5 Å². The Balaban J connectivity index is 1.67. The number of anilines is 1. The number of benzene rings is 1. The van der Waals surface area contributed by atoms with Crippen molar-refractivity contribution in [1.29, 1.82) is 0 Å². The zero-order valence-corrected chi connectivity index (χ0v) is 19.0. The van der Waals surface area contributed by atoms with Gasteiger partial charge in [0.05, 0.1) is 0 Å². The van der Waals surface area contributed by atoms with Gasteiger partial charge in [-0.05, 0) is 25.2 Å². The first-order valence-corrected chi connectivity index (χ1v) is 11.4. The van der Waals surface area contributed by atoms with Crippen LogP contribution in [0.4, 0.5) is 9.93 Å². The van der Waals surface area contributed by atoms with Crippen LogP contribution in [0.15, 0.2) is 30.3 Å². The average molecular weight is 461 g/mol. The zero-order chi connectivity index (χ0) is 23.1. The second-order valence-electron chi connectivity index (χ2n) is 8.04. The highest BCUT2D eigenvalue weighted by Gasteiger charge is 2.37. The third-order valence-corrected chi connectivity index (χ3v) is 6.07. The predicted octanol–water partition coefficient (Wildman–Crippen LogP) is 2.58. The van der Waals surface area contributed by atoms with Gasteiger partial charge in [-0.2, -0.15) is 0 Å². The minimum absolute atomic E-state index is 0.274. The lowest BCUT2D eigenvalue weighted by atomic mass is 10.1. The van der Waals surface area contributed by atoms with Gasteiger partial charge in [-0.15, -0.1) is 10.2 Å². The van der Waals surface area contributed by atoms with Crippen LogP contribution in [0.1, 0.15) is 33.1 Å². The Labute approximate surface area is 190 Å². The van der Waals surface area contributed by atoms with Crippen LogP contribution in [0.2, 0.25) is 0 Å². The highest BCUT2D eigenvalue weighted by molar-refractivity contribution is 7.18. The minimum Gasteiger partial charge on any atom is -0.315 e. The zero-order valence-electron chi connectivity index (χ0n) is 18.2. The first kappa shape index (κ1) is 23.6. The topological polar surface area (TPSA) is 128 Å². The second kappa shape index (κ2) is 11.0. The Bertz CT molecular complexity index is 935. The molecule has 2 heterocycles. The minimum atomic E-state index is -0.676. The highest BCUT2D eigenvalue weighted by Crippen LogP contribution is 2.27.